The maximum absolute atomic E-state index is 12.8. The van der Waals surface area contributed by atoms with E-state index in [1.165, 1.54) is 12.1 Å². The molecule has 0 saturated carbocycles. The van der Waals surface area contributed by atoms with Gasteiger partial charge in [-0.1, -0.05) is 0 Å². The van der Waals surface area contributed by atoms with Gasteiger partial charge >= 0.3 is 0 Å². The molecule has 7 heteroatoms. The van der Waals surface area contributed by atoms with E-state index in [2.05, 4.69) is 20.4 Å². The van der Waals surface area contributed by atoms with Crippen LogP contribution in [0.15, 0.2) is 42.6 Å². The number of piperidine rings is 1. The molecule has 1 aliphatic rings. The Bertz CT molecular complexity index is 641. The number of hydrogen-bond acceptors (Lipinski definition) is 6. The molecule has 1 saturated heterocycles. The summed E-state index contributed by atoms with van der Waals surface area (Å²) in [5.74, 6) is 1.13. The summed E-state index contributed by atoms with van der Waals surface area (Å²) in [5.41, 5.74) is 0. The molecule has 0 spiro atoms. The molecule has 134 valence electrons. The molecule has 0 amide bonds. The lowest BCUT2D eigenvalue weighted by atomic mass is 10.1. The molecule has 1 fully saturated rings. The standard InChI is InChI=1S/C18H23FN4O2/c19-14-5-7-17(8-6-14)25-13-16(24)11-20-15-3-2-10-23(12-15)18-4-1-9-21-22-18/h1,4-9,15-16,20,24H,2-3,10-13H2/t15-,16+/m1/s1. The van der Waals surface area contributed by atoms with Gasteiger partial charge in [-0.25, -0.2) is 4.39 Å². The highest BCUT2D eigenvalue weighted by molar-refractivity contribution is 5.37. The van der Waals surface area contributed by atoms with E-state index in [4.69, 9.17) is 4.74 Å². The van der Waals surface area contributed by atoms with Gasteiger partial charge in [-0.15, -0.1) is 5.10 Å². The van der Waals surface area contributed by atoms with E-state index in [9.17, 15) is 9.50 Å². The van der Waals surface area contributed by atoms with Crippen molar-refractivity contribution >= 4 is 5.82 Å². The summed E-state index contributed by atoms with van der Waals surface area (Å²) in [6.45, 7) is 2.41. The van der Waals surface area contributed by atoms with Gasteiger partial charge < -0.3 is 20.1 Å². The topological polar surface area (TPSA) is 70.5 Å². The number of nitrogens with zero attached hydrogens (tertiary/aromatic N) is 3. The zero-order valence-corrected chi connectivity index (χ0v) is 14.0. The van der Waals surface area contributed by atoms with Crippen molar-refractivity contribution in [1.82, 2.24) is 15.5 Å². The first-order valence-corrected chi connectivity index (χ1v) is 8.53. The third-order valence-electron chi connectivity index (χ3n) is 4.20. The highest BCUT2D eigenvalue weighted by atomic mass is 19.1. The van der Waals surface area contributed by atoms with Crippen LogP contribution in [0, 0.1) is 5.82 Å². The van der Waals surface area contributed by atoms with Crippen LogP contribution in [-0.2, 0) is 0 Å². The van der Waals surface area contributed by atoms with Crippen LogP contribution in [0.1, 0.15) is 12.8 Å². The Hall–Kier alpha value is -2.25. The number of rotatable bonds is 7. The number of aromatic nitrogens is 2. The van der Waals surface area contributed by atoms with Crippen LogP contribution in [0.4, 0.5) is 10.2 Å². The van der Waals surface area contributed by atoms with Crippen molar-refractivity contribution in [2.75, 3.05) is 31.1 Å². The fraction of sp³-hybridized carbons (Fsp3) is 0.444. The molecule has 0 bridgehead atoms. The van der Waals surface area contributed by atoms with Crippen LogP contribution in [0.5, 0.6) is 5.75 Å². The molecule has 1 aromatic heterocycles. The number of halogens is 1. The third kappa shape index (κ3) is 5.37. The molecule has 2 atom stereocenters. The molecule has 2 aromatic rings. The first kappa shape index (κ1) is 17.6. The van der Waals surface area contributed by atoms with Crippen molar-refractivity contribution in [2.24, 2.45) is 0 Å². The summed E-state index contributed by atoms with van der Waals surface area (Å²) in [5, 5.41) is 21.5. The summed E-state index contributed by atoms with van der Waals surface area (Å²) < 4.78 is 18.3. The highest BCUT2D eigenvalue weighted by Crippen LogP contribution is 2.16. The lowest BCUT2D eigenvalue weighted by Crippen LogP contribution is -2.48. The van der Waals surface area contributed by atoms with Crippen molar-refractivity contribution in [1.29, 1.82) is 0 Å². The number of hydrogen-bond donors (Lipinski definition) is 2. The SMILES string of the molecule is O[C@@H](CN[C@@H]1CCCN(c2cccnn2)C1)COc1ccc(F)cc1. The van der Waals surface area contributed by atoms with Gasteiger partial charge in [-0.05, 0) is 49.2 Å². The van der Waals surface area contributed by atoms with Gasteiger partial charge in [0.2, 0.25) is 0 Å². The Balaban J connectivity index is 1.40. The molecule has 3 rings (SSSR count). The molecular weight excluding hydrogens is 323 g/mol. The van der Waals surface area contributed by atoms with Crippen LogP contribution in [0.25, 0.3) is 0 Å². The van der Waals surface area contributed by atoms with Gasteiger partial charge in [0.05, 0.1) is 0 Å². The second-order valence-corrected chi connectivity index (χ2v) is 6.19. The van der Waals surface area contributed by atoms with Crippen molar-refractivity contribution in [2.45, 2.75) is 25.0 Å². The zero-order chi connectivity index (χ0) is 17.5. The molecule has 25 heavy (non-hydrogen) atoms. The van der Waals surface area contributed by atoms with Crippen molar-refractivity contribution in [3.8, 4) is 5.75 Å². The molecule has 1 aromatic carbocycles. The van der Waals surface area contributed by atoms with Crippen LogP contribution in [0.2, 0.25) is 0 Å². The van der Waals surface area contributed by atoms with E-state index in [0.717, 1.165) is 31.7 Å². The van der Waals surface area contributed by atoms with E-state index in [-0.39, 0.29) is 18.5 Å². The lowest BCUT2D eigenvalue weighted by Gasteiger charge is -2.34. The van der Waals surface area contributed by atoms with E-state index in [0.29, 0.717) is 12.3 Å². The van der Waals surface area contributed by atoms with Crippen LogP contribution in [-0.4, -0.2) is 53.7 Å². The van der Waals surface area contributed by atoms with Crippen LogP contribution >= 0.6 is 0 Å². The van der Waals surface area contributed by atoms with E-state index in [1.54, 1.807) is 18.3 Å². The minimum Gasteiger partial charge on any atom is -0.491 e. The molecule has 0 radical (unpaired) electrons. The molecule has 0 unspecified atom stereocenters. The Labute approximate surface area is 146 Å². The minimum atomic E-state index is -0.628. The van der Waals surface area contributed by atoms with Gasteiger partial charge in [0.25, 0.3) is 0 Å². The average molecular weight is 346 g/mol. The average Bonchev–Trinajstić information content (AvgIpc) is 2.67. The zero-order valence-electron chi connectivity index (χ0n) is 14.0. The quantitative estimate of drug-likeness (QED) is 0.794. The predicted molar refractivity (Wildman–Crippen MR) is 93.2 cm³/mol. The molecule has 2 N–H and O–H groups in total. The van der Waals surface area contributed by atoms with Crippen molar-refractivity contribution in [3.05, 3.63) is 48.4 Å². The number of benzene rings is 1. The Morgan fingerprint density at radius 3 is 2.92 bits per heavy atom. The fourth-order valence-corrected chi connectivity index (χ4v) is 2.90. The van der Waals surface area contributed by atoms with E-state index in [1.807, 2.05) is 12.1 Å². The van der Waals surface area contributed by atoms with Crippen LogP contribution in [0.3, 0.4) is 0 Å². The summed E-state index contributed by atoms with van der Waals surface area (Å²) in [4.78, 5) is 2.20. The van der Waals surface area contributed by atoms with Crippen LogP contribution < -0.4 is 15.0 Å². The number of aliphatic hydroxyl groups is 1. The fourth-order valence-electron chi connectivity index (χ4n) is 2.90. The second kappa shape index (κ2) is 8.73. The Morgan fingerprint density at radius 1 is 1.32 bits per heavy atom. The third-order valence-corrected chi connectivity index (χ3v) is 4.20. The monoisotopic (exact) mass is 346 g/mol. The van der Waals surface area contributed by atoms with Gasteiger partial charge in [-0.3, -0.25) is 0 Å². The maximum atomic E-state index is 12.8. The van der Waals surface area contributed by atoms with Gasteiger partial charge in [0.1, 0.15) is 24.3 Å². The summed E-state index contributed by atoms with van der Waals surface area (Å²) in [6, 6.07) is 9.91. The smallest absolute Gasteiger partial charge is 0.151 e. The number of aliphatic hydroxyl groups excluding tert-OH is 1. The number of ether oxygens (including phenoxy) is 1. The highest BCUT2D eigenvalue weighted by Gasteiger charge is 2.21. The number of anilines is 1. The van der Waals surface area contributed by atoms with E-state index < -0.39 is 6.10 Å². The molecule has 1 aliphatic heterocycles. The minimum absolute atomic E-state index is 0.166. The normalized spacial score (nSPS) is 18.8. The largest absolute Gasteiger partial charge is 0.491 e. The number of nitrogens with one attached hydrogen (secondary N) is 1. The van der Waals surface area contributed by atoms with Crippen molar-refractivity contribution in [3.63, 3.8) is 0 Å². The van der Waals surface area contributed by atoms with Gasteiger partial charge in [-0.2, -0.15) is 5.10 Å². The lowest BCUT2D eigenvalue weighted by molar-refractivity contribution is 0.103. The molecule has 2 heterocycles. The van der Waals surface area contributed by atoms with Gasteiger partial charge in [0, 0.05) is 31.9 Å². The first-order chi connectivity index (χ1) is 12.2. The summed E-state index contributed by atoms with van der Waals surface area (Å²) >= 11 is 0. The maximum Gasteiger partial charge on any atom is 0.151 e. The molecular formula is C18H23FN4O2. The Morgan fingerprint density at radius 2 is 2.16 bits per heavy atom. The Kier molecular flexibility index (Phi) is 6.14. The molecule has 6 nitrogen and oxygen atoms in total. The van der Waals surface area contributed by atoms with Gasteiger partial charge in [0.15, 0.2) is 5.82 Å². The summed E-state index contributed by atoms with van der Waals surface area (Å²) in [7, 11) is 0. The molecule has 0 aliphatic carbocycles. The van der Waals surface area contributed by atoms with Crippen molar-refractivity contribution < 1.29 is 14.2 Å². The second-order valence-electron chi connectivity index (χ2n) is 6.19. The summed E-state index contributed by atoms with van der Waals surface area (Å²) in [6.07, 6.45) is 3.16. The predicted octanol–water partition coefficient (Wildman–Crippen LogP) is 1.61. The van der Waals surface area contributed by atoms with E-state index >= 15 is 0 Å². The first-order valence-electron chi connectivity index (χ1n) is 8.53.